The Balaban J connectivity index is 1.66. The second kappa shape index (κ2) is 9.98. The van der Waals surface area contributed by atoms with Crippen LogP contribution in [-0.4, -0.2) is 68.5 Å². The molecule has 0 saturated carbocycles. The Hall–Kier alpha value is -1.84. The van der Waals surface area contributed by atoms with Gasteiger partial charge in [0.2, 0.25) is 10.0 Å². The summed E-state index contributed by atoms with van der Waals surface area (Å²) in [5.74, 6) is -0.351. The van der Waals surface area contributed by atoms with Crippen LogP contribution in [0.25, 0.3) is 0 Å². The maximum absolute atomic E-state index is 13.0. The molecule has 8 nitrogen and oxygen atoms in total. The van der Waals surface area contributed by atoms with Gasteiger partial charge < -0.3 is 15.0 Å². The number of likely N-dealkylation sites (tertiary alicyclic amines) is 1. The molecule has 0 spiro atoms. The fourth-order valence-electron chi connectivity index (χ4n) is 3.78. The molecule has 2 saturated heterocycles. The average Bonchev–Trinajstić information content (AvgIpc) is 2.75. The summed E-state index contributed by atoms with van der Waals surface area (Å²) in [4.78, 5) is 26.1. The van der Waals surface area contributed by atoms with Crippen molar-refractivity contribution >= 4 is 33.6 Å². The summed E-state index contributed by atoms with van der Waals surface area (Å²) in [5, 5.41) is 3.05. The smallest absolute Gasteiger partial charge is 0.409 e. The Morgan fingerprint density at radius 3 is 2.43 bits per heavy atom. The van der Waals surface area contributed by atoms with Crippen LogP contribution in [0.15, 0.2) is 23.1 Å². The minimum Gasteiger partial charge on any atom is -0.450 e. The van der Waals surface area contributed by atoms with Gasteiger partial charge in [-0.15, -0.1) is 0 Å². The fourth-order valence-corrected chi connectivity index (χ4v) is 5.79. The monoisotopic (exact) mass is 457 g/mol. The maximum atomic E-state index is 13.0. The van der Waals surface area contributed by atoms with Gasteiger partial charge in [0, 0.05) is 37.8 Å². The first-order chi connectivity index (χ1) is 14.3. The van der Waals surface area contributed by atoms with Gasteiger partial charge in [-0.25, -0.2) is 13.2 Å². The highest BCUT2D eigenvalue weighted by atomic mass is 35.5. The molecule has 10 heteroatoms. The van der Waals surface area contributed by atoms with Gasteiger partial charge in [0.1, 0.15) is 4.90 Å². The van der Waals surface area contributed by atoms with Crippen molar-refractivity contribution in [3.8, 4) is 0 Å². The first-order valence-corrected chi connectivity index (χ1v) is 12.2. The first-order valence-electron chi connectivity index (χ1n) is 10.3. The number of piperidine rings is 2. The quantitative estimate of drug-likeness (QED) is 0.733. The molecule has 0 radical (unpaired) electrons. The number of hydrogen-bond donors (Lipinski definition) is 1. The lowest BCUT2D eigenvalue weighted by Gasteiger charge is -2.31. The molecule has 0 atom stereocenters. The van der Waals surface area contributed by atoms with Gasteiger partial charge in [-0.05, 0) is 50.8 Å². The molecule has 2 heterocycles. The number of amides is 2. The first kappa shape index (κ1) is 22.8. The van der Waals surface area contributed by atoms with Crippen molar-refractivity contribution in [3.05, 3.63) is 28.8 Å². The Labute approximate surface area is 182 Å². The fraction of sp³-hybridized carbons (Fsp3) is 0.600. The minimum absolute atomic E-state index is 0.0316. The molecule has 1 N–H and O–H groups in total. The van der Waals surface area contributed by atoms with Crippen molar-refractivity contribution in [3.63, 3.8) is 0 Å². The Morgan fingerprint density at radius 2 is 1.80 bits per heavy atom. The third kappa shape index (κ3) is 5.25. The molecule has 1 aromatic carbocycles. The highest BCUT2D eigenvalue weighted by Crippen LogP contribution is 2.28. The number of benzene rings is 1. The molecule has 3 rings (SSSR count). The average molecular weight is 458 g/mol. The molecule has 0 aliphatic carbocycles. The lowest BCUT2D eigenvalue weighted by atomic mass is 10.0. The van der Waals surface area contributed by atoms with Crippen molar-refractivity contribution in [2.24, 2.45) is 0 Å². The number of nitrogens with zero attached hydrogens (tertiary/aromatic N) is 2. The van der Waals surface area contributed by atoms with Gasteiger partial charge in [-0.2, -0.15) is 4.31 Å². The van der Waals surface area contributed by atoms with Gasteiger partial charge in [0.05, 0.1) is 11.6 Å². The summed E-state index contributed by atoms with van der Waals surface area (Å²) in [6.07, 6.45) is 3.53. The van der Waals surface area contributed by atoms with E-state index in [4.69, 9.17) is 16.3 Å². The SMILES string of the molecule is CCOC(=O)N1CCC(NC(=O)c2ccc(Cl)c(S(=O)(=O)N3CCCCC3)c2)CC1. The lowest BCUT2D eigenvalue weighted by Crippen LogP contribution is -2.46. The van der Waals surface area contributed by atoms with E-state index in [0.29, 0.717) is 45.6 Å². The predicted molar refractivity (Wildman–Crippen MR) is 113 cm³/mol. The van der Waals surface area contributed by atoms with Gasteiger partial charge in [-0.1, -0.05) is 18.0 Å². The zero-order valence-corrected chi connectivity index (χ0v) is 18.7. The molecular weight excluding hydrogens is 430 g/mol. The van der Waals surface area contributed by atoms with Crippen molar-refractivity contribution < 1.29 is 22.7 Å². The largest absolute Gasteiger partial charge is 0.450 e. The standard InChI is InChI=1S/C20H28ClN3O5S/c1-2-29-20(26)23-12-8-16(9-13-23)22-19(25)15-6-7-17(21)18(14-15)30(27,28)24-10-4-3-5-11-24/h6-7,14,16H,2-5,8-13H2,1H3,(H,22,25). The van der Waals surface area contributed by atoms with Crippen LogP contribution in [0.1, 0.15) is 49.4 Å². The van der Waals surface area contributed by atoms with Gasteiger partial charge >= 0.3 is 6.09 Å². The number of carbonyl (C=O) groups excluding carboxylic acids is 2. The van der Waals surface area contributed by atoms with Gasteiger partial charge in [0.25, 0.3) is 5.91 Å². The topological polar surface area (TPSA) is 96.0 Å². The van der Waals surface area contributed by atoms with Crippen LogP contribution < -0.4 is 5.32 Å². The Kier molecular flexibility index (Phi) is 7.60. The highest BCUT2D eigenvalue weighted by Gasteiger charge is 2.29. The van der Waals surface area contributed by atoms with Crippen LogP contribution in [0.5, 0.6) is 0 Å². The molecule has 1 aromatic rings. The van der Waals surface area contributed by atoms with Crippen molar-refractivity contribution in [1.82, 2.24) is 14.5 Å². The molecule has 2 aliphatic rings. The van der Waals surface area contributed by atoms with E-state index in [0.717, 1.165) is 19.3 Å². The number of halogens is 1. The van der Waals surface area contributed by atoms with Crippen LogP contribution in [0.4, 0.5) is 4.79 Å². The zero-order valence-electron chi connectivity index (χ0n) is 17.1. The van der Waals surface area contributed by atoms with Gasteiger partial charge in [-0.3, -0.25) is 4.79 Å². The number of sulfonamides is 1. The normalized spacial score (nSPS) is 18.8. The lowest BCUT2D eigenvalue weighted by molar-refractivity contribution is 0.0860. The Morgan fingerprint density at radius 1 is 1.13 bits per heavy atom. The number of rotatable bonds is 5. The molecule has 166 valence electrons. The second-order valence-electron chi connectivity index (χ2n) is 7.54. The summed E-state index contributed by atoms with van der Waals surface area (Å²) in [6, 6.07) is 4.24. The molecule has 2 amide bonds. The third-order valence-electron chi connectivity index (χ3n) is 5.48. The molecule has 2 fully saturated rings. The van der Waals surface area contributed by atoms with E-state index in [1.807, 2.05) is 0 Å². The molecule has 2 aliphatic heterocycles. The Bertz CT molecular complexity index is 878. The number of carbonyl (C=O) groups is 2. The molecule has 0 unspecified atom stereocenters. The summed E-state index contributed by atoms with van der Waals surface area (Å²) in [6.45, 7) is 4.02. The van der Waals surface area contributed by atoms with E-state index in [2.05, 4.69) is 5.32 Å². The zero-order chi connectivity index (χ0) is 21.7. The van der Waals surface area contributed by atoms with Crippen LogP contribution in [0.3, 0.4) is 0 Å². The second-order valence-corrected chi connectivity index (χ2v) is 9.86. The summed E-state index contributed by atoms with van der Waals surface area (Å²) in [7, 11) is -3.74. The maximum Gasteiger partial charge on any atom is 0.409 e. The molecule has 0 bridgehead atoms. The van der Waals surface area contributed by atoms with E-state index in [9.17, 15) is 18.0 Å². The van der Waals surface area contributed by atoms with Crippen molar-refractivity contribution in [2.75, 3.05) is 32.8 Å². The summed E-state index contributed by atoms with van der Waals surface area (Å²) < 4.78 is 32.4. The van der Waals surface area contributed by atoms with Crippen LogP contribution >= 0.6 is 11.6 Å². The van der Waals surface area contributed by atoms with Crippen LogP contribution in [0, 0.1) is 0 Å². The molecule has 30 heavy (non-hydrogen) atoms. The van der Waals surface area contributed by atoms with Crippen molar-refractivity contribution in [1.29, 1.82) is 0 Å². The number of ether oxygens (including phenoxy) is 1. The van der Waals surface area contributed by atoms with Gasteiger partial charge in [0.15, 0.2) is 0 Å². The number of nitrogens with one attached hydrogen (secondary N) is 1. The molecular formula is C20H28ClN3O5S. The van der Waals surface area contributed by atoms with Crippen molar-refractivity contribution in [2.45, 2.75) is 50.0 Å². The molecule has 0 aromatic heterocycles. The summed E-state index contributed by atoms with van der Waals surface area (Å²) >= 11 is 6.18. The summed E-state index contributed by atoms with van der Waals surface area (Å²) in [5.41, 5.74) is 0.253. The minimum atomic E-state index is -3.74. The predicted octanol–water partition coefficient (Wildman–Crippen LogP) is 2.87. The van der Waals surface area contributed by atoms with Crippen LogP contribution in [0.2, 0.25) is 5.02 Å². The van der Waals surface area contributed by atoms with E-state index >= 15 is 0 Å². The third-order valence-corrected chi connectivity index (χ3v) is 7.86. The van der Waals surface area contributed by atoms with E-state index in [-0.39, 0.29) is 33.5 Å². The van der Waals surface area contributed by atoms with Crippen LogP contribution in [-0.2, 0) is 14.8 Å². The van der Waals surface area contributed by atoms with E-state index in [1.165, 1.54) is 22.5 Å². The van der Waals surface area contributed by atoms with E-state index in [1.54, 1.807) is 11.8 Å². The van der Waals surface area contributed by atoms with E-state index < -0.39 is 10.0 Å². The highest BCUT2D eigenvalue weighted by molar-refractivity contribution is 7.89. The number of hydrogen-bond acceptors (Lipinski definition) is 5.